The molecule has 0 aromatic heterocycles. The highest BCUT2D eigenvalue weighted by Gasteiger charge is 2.25. The van der Waals surface area contributed by atoms with Crippen LogP contribution in [0.3, 0.4) is 0 Å². The Morgan fingerprint density at radius 3 is 2.90 bits per heavy atom. The van der Waals surface area contributed by atoms with Gasteiger partial charge in [-0.15, -0.1) is 0 Å². The molecule has 1 aliphatic rings. The summed E-state index contributed by atoms with van der Waals surface area (Å²) in [6.07, 6.45) is -0.586. The van der Waals surface area contributed by atoms with Gasteiger partial charge in [-0.2, -0.15) is 0 Å². The number of benzene rings is 1. The van der Waals surface area contributed by atoms with Gasteiger partial charge in [0.1, 0.15) is 5.82 Å². The van der Waals surface area contributed by atoms with E-state index in [-0.39, 0.29) is 24.9 Å². The highest BCUT2D eigenvalue weighted by Crippen LogP contribution is 2.11. The van der Waals surface area contributed by atoms with Crippen LogP contribution >= 0.6 is 0 Å². The van der Waals surface area contributed by atoms with Crippen molar-refractivity contribution in [1.29, 1.82) is 0 Å². The Morgan fingerprint density at radius 2 is 2.24 bits per heavy atom. The first-order valence-electron chi connectivity index (χ1n) is 7.00. The van der Waals surface area contributed by atoms with Gasteiger partial charge in [-0.1, -0.05) is 12.1 Å². The van der Waals surface area contributed by atoms with Crippen LogP contribution in [0.25, 0.3) is 0 Å². The van der Waals surface area contributed by atoms with E-state index < -0.39 is 6.10 Å². The van der Waals surface area contributed by atoms with Crippen LogP contribution in [-0.2, 0) is 16.1 Å². The van der Waals surface area contributed by atoms with E-state index in [0.717, 1.165) is 5.56 Å². The van der Waals surface area contributed by atoms with Crippen molar-refractivity contribution in [2.45, 2.75) is 12.6 Å². The first kappa shape index (κ1) is 15.9. The van der Waals surface area contributed by atoms with Crippen LogP contribution in [0.5, 0.6) is 0 Å². The molecule has 1 amide bonds. The smallest absolute Gasteiger partial charge is 0.237 e. The molecule has 0 aliphatic carbocycles. The number of carbonyl (C=O) groups is 1. The van der Waals surface area contributed by atoms with Gasteiger partial charge in [-0.05, 0) is 17.7 Å². The van der Waals surface area contributed by atoms with Gasteiger partial charge in [-0.25, -0.2) is 4.39 Å². The molecule has 1 saturated heterocycles. The molecule has 1 atom stereocenters. The van der Waals surface area contributed by atoms with Gasteiger partial charge in [0.25, 0.3) is 0 Å². The maximum atomic E-state index is 13.1. The average molecular weight is 296 g/mol. The third-order valence-corrected chi connectivity index (χ3v) is 3.49. The molecule has 1 aromatic rings. The molecule has 6 heteroatoms. The number of ether oxygens (including phenoxy) is 1. The van der Waals surface area contributed by atoms with Crippen molar-refractivity contribution in [3.05, 3.63) is 35.6 Å². The molecule has 5 nitrogen and oxygen atoms in total. The molecule has 1 aromatic carbocycles. The molecule has 0 saturated carbocycles. The van der Waals surface area contributed by atoms with Crippen LogP contribution in [0, 0.1) is 5.82 Å². The fourth-order valence-corrected chi connectivity index (χ4v) is 2.48. The van der Waals surface area contributed by atoms with Crippen molar-refractivity contribution in [3.63, 3.8) is 0 Å². The number of carbonyl (C=O) groups excluding carboxylic acids is 1. The van der Waals surface area contributed by atoms with Crippen LogP contribution in [0.15, 0.2) is 24.3 Å². The maximum Gasteiger partial charge on any atom is 0.237 e. The minimum Gasteiger partial charge on any atom is -0.389 e. The third kappa shape index (κ3) is 4.77. The van der Waals surface area contributed by atoms with E-state index in [9.17, 15) is 14.3 Å². The second-order valence-corrected chi connectivity index (χ2v) is 5.29. The number of hydrogen-bond donors (Lipinski definition) is 1. The summed E-state index contributed by atoms with van der Waals surface area (Å²) in [6.45, 7) is 2.66. The van der Waals surface area contributed by atoms with Crippen molar-refractivity contribution in [2.24, 2.45) is 0 Å². The molecular weight excluding hydrogens is 275 g/mol. The zero-order valence-electron chi connectivity index (χ0n) is 12.2. The summed E-state index contributed by atoms with van der Waals surface area (Å²) < 4.78 is 18.0. The normalized spacial score (nSPS) is 18.0. The van der Waals surface area contributed by atoms with Crippen LogP contribution in [0.4, 0.5) is 4.39 Å². The fraction of sp³-hybridized carbons (Fsp3) is 0.533. The number of nitrogens with zero attached hydrogens (tertiary/aromatic N) is 2. The Bertz CT molecular complexity index is 484. The Balaban J connectivity index is 1.85. The lowest BCUT2D eigenvalue weighted by molar-refractivity contribution is -0.137. The van der Waals surface area contributed by atoms with Crippen molar-refractivity contribution in [2.75, 3.05) is 39.9 Å². The summed E-state index contributed by atoms with van der Waals surface area (Å²) in [4.78, 5) is 15.7. The predicted molar refractivity (Wildman–Crippen MR) is 76.1 cm³/mol. The largest absolute Gasteiger partial charge is 0.389 e. The average Bonchev–Trinajstić information content (AvgIpc) is 2.42. The number of hydrogen-bond acceptors (Lipinski definition) is 4. The van der Waals surface area contributed by atoms with E-state index in [4.69, 9.17) is 4.74 Å². The minimum atomic E-state index is -0.586. The Kier molecular flexibility index (Phi) is 5.67. The molecule has 0 bridgehead atoms. The Morgan fingerprint density at radius 1 is 1.43 bits per heavy atom. The molecule has 0 unspecified atom stereocenters. The van der Waals surface area contributed by atoms with Gasteiger partial charge in [0.05, 0.1) is 19.3 Å². The van der Waals surface area contributed by atoms with E-state index in [2.05, 4.69) is 0 Å². The van der Waals surface area contributed by atoms with E-state index in [1.807, 2.05) is 11.0 Å². The van der Waals surface area contributed by atoms with Crippen LogP contribution in [0.2, 0.25) is 0 Å². The Labute approximate surface area is 123 Å². The number of aliphatic hydroxyl groups excluding tert-OH is 1. The molecule has 2 rings (SSSR count). The molecule has 21 heavy (non-hydrogen) atoms. The third-order valence-electron chi connectivity index (χ3n) is 3.49. The summed E-state index contributed by atoms with van der Waals surface area (Å²) in [5.41, 5.74) is 0.788. The SMILES string of the molecule is COC[C@@H](O)CN1CCN(Cc2cccc(F)c2)C(=O)C1. The van der Waals surface area contributed by atoms with E-state index in [0.29, 0.717) is 26.2 Å². The number of aliphatic hydroxyl groups is 1. The second kappa shape index (κ2) is 7.49. The highest BCUT2D eigenvalue weighted by atomic mass is 19.1. The summed E-state index contributed by atoms with van der Waals surface area (Å²) in [5, 5.41) is 9.69. The molecule has 1 aliphatic heterocycles. The van der Waals surface area contributed by atoms with Crippen LogP contribution < -0.4 is 0 Å². The van der Waals surface area contributed by atoms with Crippen molar-refractivity contribution in [3.8, 4) is 0 Å². The van der Waals surface area contributed by atoms with Gasteiger partial charge < -0.3 is 14.7 Å². The van der Waals surface area contributed by atoms with Gasteiger partial charge in [-0.3, -0.25) is 9.69 Å². The van der Waals surface area contributed by atoms with Crippen molar-refractivity contribution in [1.82, 2.24) is 9.80 Å². The van der Waals surface area contributed by atoms with Gasteiger partial charge in [0, 0.05) is 33.3 Å². The van der Waals surface area contributed by atoms with Crippen molar-refractivity contribution < 1.29 is 19.0 Å². The monoisotopic (exact) mass is 296 g/mol. The van der Waals surface area contributed by atoms with Gasteiger partial charge in [0.2, 0.25) is 5.91 Å². The predicted octanol–water partition coefficient (Wildman–Crippen LogP) is 0.477. The number of methoxy groups -OCH3 is 1. The molecule has 1 heterocycles. The van der Waals surface area contributed by atoms with Gasteiger partial charge in [0.15, 0.2) is 0 Å². The number of piperazine rings is 1. The summed E-state index contributed by atoms with van der Waals surface area (Å²) in [6, 6.07) is 6.29. The van der Waals surface area contributed by atoms with E-state index in [1.165, 1.54) is 19.2 Å². The second-order valence-electron chi connectivity index (χ2n) is 5.29. The number of β-amino-alcohol motifs (C(OH)–C–C–N with tert-alkyl or cyclic N) is 1. The standard InChI is InChI=1S/C15H21FN2O3/c1-21-11-14(19)9-17-5-6-18(15(20)10-17)8-12-3-2-4-13(16)7-12/h2-4,7,14,19H,5-6,8-11H2,1H3/t14-/m0/s1. The first-order valence-corrected chi connectivity index (χ1v) is 7.00. The van der Waals surface area contributed by atoms with Gasteiger partial charge >= 0.3 is 0 Å². The molecule has 0 radical (unpaired) electrons. The lowest BCUT2D eigenvalue weighted by atomic mass is 10.2. The lowest BCUT2D eigenvalue weighted by Crippen LogP contribution is -2.51. The molecule has 1 fully saturated rings. The van der Waals surface area contributed by atoms with E-state index >= 15 is 0 Å². The summed E-state index contributed by atoms with van der Waals surface area (Å²) >= 11 is 0. The van der Waals surface area contributed by atoms with E-state index in [1.54, 1.807) is 11.0 Å². The van der Waals surface area contributed by atoms with Crippen molar-refractivity contribution >= 4 is 5.91 Å². The zero-order valence-corrected chi connectivity index (χ0v) is 12.2. The van der Waals surface area contributed by atoms with Crippen LogP contribution in [0.1, 0.15) is 5.56 Å². The molecule has 0 spiro atoms. The topological polar surface area (TPSA) is 53.0 Å². The zero-order chi connectivity index (χ0) is 15.2. The molecule has 1 N–H and O–H groups in total. The fourth-order valence-electron chi connectivity index (χ4n) is 2.48. The highest BCUT2D eigenvalue weighted by molar-refractivity contribution is 5.79. The molecular formula is C15H21FN2O3. The van der Waals surface area contributed by atoms with Crippen LogP contribution in [-0.4, -0.2) is 66.8 Å². The summed E-state index contributed by atoms with van der Waals surface area (Å²) in [5.74, 6) is -0.295. The lowest BCUT2D eigenvalue weighted by Gasteiger charge is -2.35. The minimum absolute atomic E-state index is 0.00451. The summed E-state index contributed by atoms with van der Waals surface area (Å²) in [7, 11) is 1.53. The number of halogens is 1. The quantitative estimate of drug-likeness (QED) is 0.829. The first-order chi connectivity index (χ1) is 10.1. The number of amides is 1. The maximum absolute atomic E-state index is 13.1. The Hall–Kier alpha value is -1.50. The number of rotatable bonds is 6. The molecule has 116 valence electrons.